The van der Waals surface area contributed by atoms with E-state index in [1.54, 1.807) is 4.68 Å². The van der Waals surface area contributed by atoms with Gasteiger partial charge in [-0.3, -0.25) is 4.79 Å². The van der Waals surface area contributed by atoms with Gasteiger partial charge in [-0.15, -0.1) is 5.10 Å². The molecule has 4 rings (SSSR count). The minimum absolute atomic E-state index is 0.0717. The van der Waals surface area contributed by atoms with Crippen molar-refractivity contribution in [2.45, 2.75) is 19.6 Å². The van der Waals surface area contributed by atoms with Gasteiger partial charge in [0.1, 0.15) is 17.9 Å². The summed E-state index contributed by atoms with van der Waals surface area (Å²) < 4.78 is 7.50. The molecule has 1 amide bonds. The van der Waals surface area contributed by atoms with E-state index in [1.807, 2.05) is 78.9 Å². The number of fused-ring (bicyclic) bond motifs is 1. The normalized spacial score (nSPS) is 10.7. The zero-order valence-electron chi connectivity index (χ0n) is 15.3. The van der Waals surface area contributed by atoms with E-state index in [2.05, 4.69) is 15.6 Å². The number of carbonyl (C=O) groups excluding carboxylic acids is 1. The molecule has 1 N–H and O–H groups in total. The Kier molecular flexibility index (Phi) is 5.29. The lowest BCUT2D eigenvalue weighted by atomic mass is 10.2. The van der Waals surface area contributed by atoms with Gasteiger partial charge in [-0.2, -0.15) is 0 Å². The number of hydrogen-bond donors (Lipinski definition) is 1. The predicted molar refractivity (Wildman–Crippen MR) is 108 cm³/mol. The van der Waals surface area contributed by atoms with E-state index in [0.29, 0.717) is 19.6 Å². The molecule has 1 aromatic heterocycles. The highest BCUT2D eigenvalue weighted by atomic mass is 16.5. The number of anilines is 1. The smallest absolute Gasteiger partial charge is 0.226 e. The lowest BCUT2D eigenvalue weighted by Gasteiger charge is -2.09. The number of aromatic nitrogens is 3. The number of para-hydroxylation sites is 1. The largest absolute Gasteiger partial charge is 0.489 e. The van der Waals surface area contributed by atoms with Gasteiger partial charge in [-0.25, -0.2) is 4.68 Å². The Hall–Kier alpha value is -3.67. The Morgan fingerprint density at radius 1 is 0.929 bits per heavy atom. The summed E-state index contributed by atoms with van der Waals surface area (Å²) >= 11 is 0. The highest BCUT2D eigenvalue weighted by Gasteiger charge is 2.07. The van der Waals surface area contributed by atoms with Crippen LogP contribution < -0.4 is 10.1 Å². The van der Waals surface area contributed by atoms with Gasteiger partial charge in [0.25, 0.3) is 0 Å². The van der Waals surface area contributed by atoms with E-state index in [0.717, 1.165) is 28.0 Å². The molecule has 0 aliphatic heterocycles. The van der Waals surface area contributed by atoms with Crippen LogP contribution in [-0.2, 0) is 17.9 Å². The van der Waals surface area contributed by atoms with Crippen molar-refractivity contribution in [3.63, 3.8) is 0 Å². The number of carbonyl (C=O) groups is 1. The van der Waals surface area contributed by atoms with E-state index in [-0.39, 0.29) is 5.91 Å². The minimum atomic E-state index is -0.0717. The molecule has 6 heteroatoms. The molecule has 1 heterocycles. The Morgan fingerprint density at radius 3 is 2.50 bits per heavy atom. The van der Waals surface area contributed by atoms with Crippen LogP contribution in [0.15, 0.2) is 78.9 Å². The van der Waals surface area contributed by atoms with Crippen molar-refractivity contribution in [3.8, 4) is 5.75 Å². The van der Waals surface area contributed by atoms with Crippen LogP contribution in [0, 0.1) is 0 Å². The third kappa shape index (κ3) is 4.35. The van der Waals surface area contributed by atoms with Crippen LogP contribution in [0.3, 0.4) is 0 Å². The first kappa shape index (κ1) is 17.7. The maximum atomic E-state index is 12.2. The Labute approximate surface area is 162 Å². The van der Waals surface area contributed by atoms with Gasteiger partial charge in [0.15, 0.2) is 0 Å². The average molecular weight is 372 g/mol. The van der Waals surface area contributed by atoms with Gasteiger partial charge in [-0.1, -0.05) is 47.7 Å². The third-order valence-corrected chi connectivity index (χ3v) is 4.36. The number of benzene rings is 3. The van der Waals surface area contributed by atoms with Crippen LogP contribution in [0.1, 0.15) is 12.0 Å². The van der Waals surface area contributed by atoms with Crippen molar-refractivity contribution in [1.82, 2.24) is 15.0 Å². The van der Waals surface area contributed by atoms with Crippen molar-refractivity contribution < 1.29 is 9.53 Å². The molecule has 4 aromatic rings. The van der Waals surface area contributed by atoms with Crippen LogP contribution in [-0.4, -0.2) is 20.9 Å². The molecule has 0 spiro atoms. The summed E-state index contributed by atoms with van der Waals surface area (Å²) in [5.41, 5.74) is 3.60. The van der Waals surface area contributed by atoms with Gasteiger partial charge in [-0.05, 0) is 42.0 Å². The molecule has 6 nitrogen and oxygen atoms in total. The summed E-state index contributed by atoms with van der Waals surface area (Å²) in [6, 6.07) is 25.1. The van der Waals surface area contributed by atoms with Crippen molar-refractivity contribution in [2.75, 3.05) is 5.32 Å². The summed E-state index contributed by atoms with van der Waals surface area (Å²) in [5, 5.41) is 11.1. The van der Waals surface area contributed by atoms with Gasteiger partial charge in [0.05, 0.1) is 12.1 Å². The number of nitrogens with zero attached hydrogens (tertiary/aromatic N) is 3. The lowest BCUT2D eigenvalue weighted by molar-refractivity contribution is -0.116. The molecule has 0 saturated heterocycles. The minimum Gasteiger partial charge on any atom is -0.489 e. The van der Waals surface area contributed by atoms with Crippen LogP contribution >= 0.6 is 0 Å². The van der Waals surface area contributed by atoms with Crippen molar-refractivity contribution in [3.05, 3.63) is 84.4 Å². The van der Waals surface area contributed by atoms with Crippen LogP contribution in [0.5, 0.6) is 5.75 Å². The molecule has 0 saturated carbocycles. The predicted octanol–water partition coefficient (Wildman–Crippen LogP) is 4.04. The van der Waals surface area contributed by atoms with Gasteiger partial charge < -0.3 is 10.1 Å². The molecule has 28 heavy (non-hydrogen) atoms. The first-order chi connectivity index (χ1) is 13.8. The summed E-state index contributed by atoms with van der Waals surface area (Å²) in [6.45, 7) is 0.989. The maximum absolute atomic E-state index is 12.2. The van der Waals surface area contributed by atoms with Crippen molar-refractivity contribution in [1.29, 1.82) is 0 Å². The number of aryl methyl sites for hydroxylation is 1. The van der Waals surface area contributed by atoms with Crippen molar-refractivity contribution in [2.24, 2.45) is 0 Å². The Balaban J connectivity index is 1.28. The SMILES string of the molecule is O=C(CCn1nnc2ccccc21)Nc1ccc(OCc2ccccc2)cc1. The quantitative estimate of drug-likeness (QED) is 0.532. The molecular formula is C22H20N4O2. The first-order valence-corrected chi connectivity index (χ1v) is 9.13. The second-order valence-electron chi connectivity index (χ2n) is 6.40. The fourth-order valence-corrected chi connectivity index (χ4v) is 2.89. The van der Waals surface area contributed by atoms with Crippen molar-refractivity contribution >= 4 is 22.6 Å². The highest BCUT2D eigenvalue weighted by Crippen LogP contribution is 2.17. The van der Waals surface area contributed by atoms with Crippen LogP contribution in [0.4, 0.5) is 5.69 Å². The molecular weight excluding hydrogens is 352 g/mol. The van der Waals surface area contributed by atoms with Crippen LogP contribution in [0.2, 0.25) is 0 Å². The summed E-state index contributed by atoms with van der Waals surface area (Å²) in [6.07, 6.45) is 0.319. The van der Waals surface area contributed by atoms with E-state index in [4.69, 9.17) is 4.74 Å². The highest BCUT2D eigenvalue weighted by molar-refractivity contribution is 5.90. The van der Waals surface area contributed by atoms with Gasteiger partial charge in [0.2, 0.25) is 5.91 Å². The number of ether oxygens (including phenoxy) is 1. The standard InChI is InChI=1S/C22H20N4O2/c27-22(14-15-26-21-9-5-4-8-20(21)24-25-26)23-18-10-12-19(13-11-18)28-16-17-6-2-1-3-7-17/h1-13H,14-16H2,(H,23,27). The molecule has 0 aliphatic rings. The zero-order valence-corrected chi connectivity index (χ0v) is 15.3. The van der Waals surface area contributed by atoms with Gasteiger partial charge >= 0.3 is 0 Å². The molecule has 140 valence electrons. The second kappa shape index (κ2) is 8.35. The fourth-order valence-electron chi connectivity index (χ4n) is 2.89. The van der Waals surface area contributed by atoms with E-state index in [9.17, 15) is 4.79 Å². The maximum Gasteiger partial charge on any atom is 0.226 e. The first-order valence-electron chi connectivity index (χ1n) is 9.13. The number of hydrogen-bond acceptors (Lipinski definition) is 4. The van der Waals surface area contributed by atoms with E-state index >= 15 is 0 Å². The summed E-state index contributed by atoms with van der Waals surface area (Å²) in [4.78, 5) is 12.2. The van der Waals surface area contributed by atoms with Gasteiger partial charge in [0, 0.05) is 12.1 Å². The summed E-state index contributed by atoms with van der Waals surface area (Å²) in [5.74, 6) is 0.688. The molecule has 0 aliphatic carbocycles. The lowest BCUT2D eigenvalue weighted by Crippen LogP contribution is -2.15. The number of nitrogens with one attached hydrogen (secondary N) is 1. The average Bonchev–Trinajstić information content (AvgIpc) is 3.16. The Bertz CT molecular complexity index is 1060. The van der Waals surface area contributed by atoms with E-state index in [1.165, 1.54) is 0 Å². The molecule has 0 fully saturated rings. The van der Waals surface area contributed by atoms with E-state index < -0.39 is 0 Å². The zero-order chi connectivity index (χ0) is 19.2. The van der Waals surface area contributed by atoms with Crippen LogP contribution in [0.25, 0.3) is 11.0 Å². The third-order valence-electron chi connectivity index (χ3n) is 4.36. The summed E-state index contributed by atoms with van der Waals surface area (Å²) in [7, 11) is 0. The molecule has 0 bridgehead atoms. The monoisotopic (exact) mass is 372 g/mol. The second-order valence-corrected chi connectivity index (χ2v) is 6.40. The molecule has 0 unspecified atom stereocenters. The molecule has 3 aromatic carbocycles. The molecule has 0 radical (unpaired) electrons. The Morgan fingerprint density at radius 2 is 1.68 bits per heavy atom. The number of amides is 1. The topological polar surface area (TPSA) is 69.0 Å². The number of rotatable bonds is 7. The fraction of sp³-hybridized carbons (Fsp3) is 0.136. The molecule has 0 atom stereocenters.